The van der Waals surface area contributed by atoms with Gasteiger partial charge in [0.2, 0.25) is 5.91 Å². The van der Waals surface area contributed by atoms with E-state index in [0.29, 0.717) is 44.9 Å². The van der Waals surface area contributed by atoms with Gasteiger partial charge in [0.05, 0.1) is 26.3 Å². The Labute approximate surface area is 145 Å². The van der Waals surface area contributed by atoms with E-state index in [0.717, 1.165) is 0 Å². The number of nitrogens with one attached hydrogen (secondary N) is 2. The fourth-order valence-corrected chi connectivity index (χ4v) is 3.14. The summed E-state index contributed by atoms with van der Waals surface area (Å²) in [5, 5.41) is 19.8. The Bertz CT molecular complexity index is 587. The van der Waals surface area contributed by atoms with E-state index in [9.17, 15) is 14.7 Å². The van der Waals surface area contributed by atoms with Gasteiger partial charge in [-0.05, 0) is 18.9 Å². The third kappa shape index (κ3) is 4.56. The molecule has 3 rings (SSSR count). The second-order valence-electron chi connectivity index (χ2n) is 6.58. The van der Waals surface area contributed by atoms with E-state index in [4.69, 9.17) is 9.47 Å². The zero-order valence-electron chi connectivity index (χ0n) is 14.1. The second kappa shape index (κ2) is 7.94. The second-order valence-corrected chi connectivity index (χ2v) is 6.58. The summed E-state index contributed by atoms with van der Waals surface area (Å²) < 4.78 is 10.8. The van der Waals surface area contributed by atoms with Gasteiger partial charge in [-0.25, -0.2) is 0 Å². The molecule has 0 aromatic carbocycles. The Morgan fingerprint density at radius 2 is 2.16 bits per heavy atom. The van der Waals surface area contributed by atoms with Gasteiger partial charge in [-0.15, -0.1) is 0 Å². The highest BCUT2D eigenvalue weighted by molar-refractivity contribution is 5.92. The molecule has 2 fully saturated rings. The van der Waals surface area contributed by atoms with Crippen LogP contribution in [-0.4, -0.2) is 83.7 Å². The van der Waals surface area contributed by atoms with Crippen LogP contribution in [0.15, 0.2) is 12.3 Å². The van der Waals surface area contributed by atoms with Gasteiger partial charge in [0, 0.05) is 31.9 Å². The molecule has 9 nitrogen and oxygen atoms in total. The van der Waals surface area contributed by atoms with Crippen LogP contribution in [0, 0.1) is 5.92 Å². The summed E-state index contributed by atoms with van der Waals surface area (Å²) in [7, 11) is 0. The van der Waals surface area contributed by atoms with Gasteiger partial charge in [-0.1, -0.05) is 0 Å². The van der Waals surface area contributed by atoms with E-state index < -0.39 is 5.60 Å². The highest BCUT2D eigenvalue weighted by atomic mass is 16.5. The number of aliphatic hydroxyl groups is 1. The van der Waals surface area contributed by atoms with Crippen molar-refractivity contribution in [1.82, 2.24) is 20.4 Å². The Morgan fingerprint density at radius 3 is 2.88 bits per heavy atom. The summed E-state index contributed by atoms with van der Waals surface area (Å²) >= 11 is 0. The first-order valence-electron chi connectivity index (χ1n) is 8.52. The van der Waals surface area contributed by atoms with Gasteiger partial charge in [0.15, 0.2) is 0 Å². The summed E-state index contributed by atoms with van der Waals surface area (Å²) in [5.74, 6) is -0.416. The van der Waals surface area contributed by atoms with Gasteiger partial charge in [0.1, 0.15) is 11.3 Å². The zero-order chi connectivity index (χ0) is 17.7. The number of rotatable bonds is 4. The summed E-state index contributed by atoms with van der Waals surface area (Å²) in [5.41, 5.74) is -1.01. The maximum Gasteiger partial charge on any atom is 0.269 e. The van der Waals surface area contributed by atoms with Crippen LogP contribution < -0.4 is 5.32 Å². The summed E-state index contributed by atoms with van der Waals surface area (Å²) in [6.07, 6.45) is 2.88. The van der Waals surface area contributed by atoms with E-state index in [1.165, 1.54) is 6.20 Å². The molecule has 0 unspecified atom stereocenters. The summed E-state index contributed by atoms with van der Waals surface area (Å²) in [6.45, 7) is 2.16. The maximum atomic E-state index is 12.7. The Hall–Kier alpha value is -1.97. The van der Waals surface area contributed by atoms with Crippen LogP contribution in [0.3, 0.4) is 0 Å². The predicted molar refractivity (Wildman–Crippen MR) is 86.8 cm³/mol. The lowest BCUT2D eigenvalue weighted by atomic mass is 9.97. The Balaban J connectivity index is 1.59. The largest absolute Gasteiger partial charge is 0.384 e. The molecule has 3 heterocycles. The Morgan fingerprint density at radius 1 is 1.36 bits per heavy atom. The summed E-state index contributed by atoms with van der Waals surface area (Å²) in [6, 6.07) is 1.55. The maximum absolute atomic E-state index is 12.7. The number of hydrogen-bond acceptors (Lipinski definition) is 6. The third-order valence-electron chi connectivity index (χ3n) is 4.57. The van der Waals surface area contributed by atoms with E-state index in [-0.39, 0.29) is 37.4 Å². The average Bonchev–Trinajstić information content (AvgIpc) is 3.10. The van der Waals surface area contributed by atoms with E-state index in [2.05, 4.69) is 15.5 Å². The van der Waals surface area contributed by atoms with Crippen LogP contribution in [0.5, 0.6) is 0 Å². The molecular weight excluding hydrogens is 328 g/mol. The quantitative estimate of drug-likeness (QED) is 0.650. The van der Waals surface area contributed by atoms with Crippen molar-refractivity contribution in [2.24, 2.45) is 5.92 Å². The molecule has 0 saturated carbocycles. The number of β-amino-alcohol motifs (C(OH)–C–C–N with tert-alkyl or cyclic N) is 1. The molecule has 2 aliphatic heterocycles. The van der Waals surface area contributed by atoms with Gasteiger partial charge in [-0.2, -0.15) is 5.10 Å². The van der Waals surface area contributed by atoms with Crippen LogP contribution in [0.4, 0.5) is 0 Å². The molecule has 2 saturated heterocycles. The molecular formula is C16H24N4O5. The molecule has 3 N–H and O–H groups in total. The molecule has 1 atom stereocenters. The topological polar surface area (TPSA) is 117 Å². The third-order valence-corrected chi connectivity index (χ3v) is 4.57. The van der Waals surface area contributed by atoms with Crippen molar-refractivity contribution in [2.75, 3.05) is 46.1 Å². The van der Waals surface area contributed by atoms with E-state index in [1.54, 1.807) is 11.0 Å². The molecule has 0 radical (unpaired) electrons. The highest BCUT2D eigenvalue weighted by Crippen LogP contribution is 2.20. The first kappa shape index (κ1) is 17.8. The highest BCUT2D eigenvalue weighted by Gasteiger charge is 2.37. The lowest BCUT2D eigenvalue weighted by molar-refractivity contribution is -0.141. The SMILES string of the molecule is O=C(NC[C@]1(O)COCCN(C(=O)C2CCOCC2)C1)c1ccn[nH]1. The number of carbonyl (C=O) groups excluding carboxylic acids is 2. The van der Waals surface area contributed by atoms with Crippen molar-refractivity contribution >= 4 is 11.8 Å². The molecule has 25 heavy (non-hydrogen) atoms. The number of ether oxygens (including phenoxy) is 2. The minimum absolute atomic E-state index is 0.0115. The number of aromatic amines is 1. The number of hydrogen-bond donors (Lipinski definition) is 3. The predicted octanol–water partition coefficient (Wildman–Crippen LogP) is -0.844. The molecule has 0 aliphatic carbocycles. The van der Waals surface area contributed by atoms with Crippen molar-refractivity contribution in [1.29, 1.82) is 0 Å². The summed E-state index contributed by atoms with van der Waals surface area (Å²) in [4.78, 5) is 26.4. The monoisotopic (exact) mass is 352 g/mol. The van der Waals surface area contributed by atoms with Gasteiger partial charge >= 0.3 is 0 Å². The normalized spacial score (nSPS) is 25.4. The molecule has 1 aromatic rings. The van der Waals surface area contributed by atoms with E-state index in [1.807, 2.05) is 0 Å². The molecule has 1 aromatic heterocycles. The number of aromatic nitrogens is 2. The van der Waals surface area contributed by atoms with Gasteiger partial charge < -0.3 is 24.8 Å². The first-order valence-corrected chi connectivity index (χ1v) is 8.52. The van der Waals surface area contributed by atoms with Crippen molar-refractivity contribution in [3.8, 4) is 0 Å². The van der Waals surface area contributed by atoms with Crippen LogP contribution in [-0.2, 0) is 14.3 Å². The van der Waals surface area contributed by atoms with Crippen molar-refractivity contribution in [3.05, 3.63) is 18.0 Å². The minimum Gasteiger partial charge on any atom is -0.384 e. The molecule has 0 spiro atoms. The molecule has 9 heteroatoms. The molecule has 0 bridgehead atoms. The molecule has 138 valence electrons. The van der Waals surface area contributed by atoms with Crippen molar-refractivity contribution in [2.45, 2.75) is 18.4 Å². The van der Waals surface area contributed by atoms with E-state index >= 15 is 0 Å². The minimum atomic E-state index is -1.33. The number of carbonyl (C=O) groups is 2. The fraction of sp³-hybridized carbons (Fsp3) is 0.688. The fourth-order valence-electron chi connectivity index (χ4n) is 3.14. The number of amides is 2. The first-order chi connectivity index (χ1) is 12.1. The van der Waals surface area contributed by atoms with Crippen LogP contribution in [0.1, 0.15) is 23.3 Å². The smallest absolute Gasteiger partial charge is 0.269 e. The number of H-pyrrole nitrogens is 1. The van der Waals surface area contributed by atoms with Crippen LogP contribution >= 0.6 is 0 Å². The van der Waals surface area contributed by atoms with Crippen molar-refractivity contribution in [3.63, 3.8) is 0 Å². The Kier molecular flexibility index (Phi) is 5.67. The standard InChI is InChI=1S/C16H24N4O5/c21-14(13-1-4-18-19-13)17-9-16(23)10-20(5-8-25-11-16)15(22)12-2-6-24-7-3-12/h1,4,12,23H,2-3,5-11H2,(H,17,21)(H,18,19)/t16-/m1/s1. The lowest BCUT2D eigenvalue weighted by Gasteiger charge is -2.33. The number of nitrogens with zero attached hydrogens (tertiary/aromatic N) is 2. The lowest BCUT2D eigenvalue weighted by Crippen LogP contribution is -2.54. The van der Waals surface area contributed by atoms with Crippen LogP contribution in [0.2, 0.25) is 0 Å². The molecule has 2 amide bonds. The molecule has 2 aliphatic rings. The zero-order valence-corrected chi connectivity index (χ0v) is 14.1. The van der Waals surface area contributed by atoms with Crippen molar-refractivity contribution < 1.29 is 24.2 Å². The average molecular weight is 352 g/mol. The van der Waals surface area contributed by atoms with Crippen LogP contribution in [0.25, 0.3) is 0 Å². The van der Waals surface area contributed by atoms with Gasteiger partial charge in [0.25, 0.3) is 5.91 Å². The van der Waals surface area contributed by atoms with Gasteiger partial charge in [-0.3, -0.25) is 14.7 Å².